The molecule has 0 radical (unpaired) electrons. The number of nitrogens with one attached hydrogen (secondary N) is 2. The number of hydrogen-bond acceptors (Lipinski definition) is 3. The van der Waals surface area contributed by atoms with Crippen molar-refractivity contribution in [2.45, 2.75) is 39.7 Å². The monoisotopic (exact) mass is 390 g/mol. The van der Waals surface area contributed by atoms with Gasteiger partial charge in [0.25, 0.3) is 0 Å². The van der Waals surface area contributed by atoms with Crippen molar-refractivity contribution in [2.24, 2.45) is 4.99 Å². The number of hydrogen-bond donors (Lipinski definition) is 2. The smallest absolute Gasteiger partial charge is 0.191 e. The van der Waals surface area contributed by atoms with Gasteiger partial charge in [-0.2, -0.15) is 0 Å². The minimum absolute atomic E-state index is 0.00329. The molecule has 29 heavy (non-hydrogen) atoms. The van der Waals surface area contributed by atoms with Crippen LogP contribution in [0, 0.1) is 6.92 Å². The molecule has 3 aromatic rings. The number of aliphatic imine (C=N–C) groups is 1. The zero-order valence-electron chi connectivity index (χ0n) is 17.7. The van der Waals surface area contributed by atoms with Gasteiger partial charge in [0.05, 0.1) is 6.54 Å². The normalized spacial score (nSPS) is 12.1. The molecule has 0 aliphatic heterocycles. The second-order valence-electron chi connectivity index (χ2n) is 7.67. The maximum Gasteiger partial charge on any atom is 0.191 e. The van der Waals surface area contributed by atoms with Gasteiger partial charge >= 0.3 is 0 Å². The van der Waals surface area contributed by atoms with Crippen LogP contribution in [0.15, 0.2) is 66.0 Å². The van der Waals surface area contributed by atoms with E-state index in [-0.39, 0.29) is 5.41 Å². The van der Waals surface area contributed by atoms with Crippen LogP contribution in [0.5, 0.6) is 0 Å². The van der Waals surface area contributed by atoms with Crippen LogP contribution >= 0.6 is 0 Å². The highest BCUT2D eigenvalue weighted by Crippen LogP contribution is 2.21. The first-order valence-corrected chi connectivity index (χ1v) is 10.0. The Kier molecular flexibility index (Phi) is 6.65. The molecule has 1 aromatic carbocycles. The lowest BCUT2D eigenvalue weighted by atomic mass is 9.85. The van der Waals surface area contributed by atoms with Crippen molar-refractivity contribution in [3.05, 3.63) is 78.0 Å². The van der Waals surface area contributed by atoms with E-state index >= 15 is 0 Å². The van der Waals surface area contributed by atoms with E-state index in [1.165, 1.54) is 5.56 Å². The van der Waals surface area contributed by atoms with Crippen LogP contribution in [0.25, 0.3) is 5.82 Å². The summed E-state index contributed by atoms with van der Waals surface area (Å²) in [6.07, 6.45) is 5.56. The Hall–Kier alpha value is -3.15. The molecule has 0 bridgehead atoms. The summed E-state index contributed by atoms with van der Waals surface area (Å²) in [5.41, 5.74) is 2.37. The molecule has 0 fully saturated rings. The van der Waals surface area contributed by atoms with Crippen LogP contribution in [0.1, 0.15) is 37.7 Å². The molecule has 2 N–H and O–H groups in total. The highest BCUT2D eigenvalue weighted by atomic mass is 15.2. The quantitative estimate of drug-likeness (QED) is 0.478. The van der Waals surface area contributed by atoms with Crippen LogP contribution in [0.4, 0.5) is 0 Å². The molecule has 2 aromatic heterocycles. The number of imidazole rings is 1. The van der Waals surface area contributed by atoms with Crippen LogP contribution < -0.4 is 10.6 Å². The predicted molar refractivity (Wildman–Crippen MR) is 118 cm³/mol. The molecular weight excluding hydrogens is 360 g/mol. The first-order valence-electron chi connectivity index (χ1n) is 10.0. The van der Waals surface area contributed by atoms with Crippen molar-refractivity contribution in [3.63, 3.8) is 0 Å². The van der Waals surface area contributed by atoms with Crippen LogP contribution in [-0.2, 0) is 12.0 Å². The molecule has 2 heterocycles. The first-order chi connectivity index (χ1) is 14.0. The van der Waals surface area contributed by atoms with Crippen molar-refractivity contribution in [1.82, 2.24) is 25.2 Å². The summed E-state index contributed by atoms with van der Waals surface area (Å²) in [5, 5.41) is 6.80. The van der Waals surface area contributed by atoms with E-state index in [1.54, 1.807) is 6.20 Å². The van der Waals surface area contributed by atoms with Gasteiger partial charge in [0.1, 0.15) is 11.6 Å². The molecule has 152 valence electrons. The molecule has 0 atom stereocenters. The lowest BCUT2D eigenvalue weighted by Crippen LogP contribution is -2.43. The summed E-state index contributed by atoms with van der Waals surface area (Å²) in [5.74, 6) is 2.59. The third kappa shape index (κ3) is 5.44. The van der Waals surface area contributed by atoms with E-state index < -0.39 is 0 Å². The molecule has 0 amide bonds. The summed E-state index contributed by atoms with van der Waals surface area (Å²) in [7, 11) is 0. The Morgan fingerprint density at radius 2 is 1.86 bits per heavy atom. The summed E-state index contributed by atoms with van der Waals surface area (Å²) in [4.78, 5) is 13.5. The van der Waals surface area contributed by atoms with Gasteiger partial charge in [-0.1, -0.05) is 50.2 Å². The van der Waals surface area contributed by atoms with Crippen LogP contribution in [0.2, 0.25) is 0 Å². The van der Waals surface area contributed by atoms with Gasteiger partial charge in [-0.05, 0) is 31.0 Å². The van der Waals surface area contributed by atoms with Crippen molar-refractivity contribution < 1.29 is 0 Å². The topological polar surface area (TPSA) is 67.1 Å². The third-order valence-electron chi connectivity index (χ3n) is 4.90. The Morgan fingerprint density at radius 1 is 1.07 bits per heavy atom. The molecule has 0 unspecified atom stereocenters. The number of pyridine rings is 1. The van der Waals surface area contributed by atoms with Gasteiger partial charge in [0, 0.05) is 37.1 Å². The summed E-state index contributed by atoms with van der Waals surface area (Å²) < 4.78 is 1.96. The lowest BCUT2D eigenvalue weighted by Gasteiger charge is -2.26. The highest BCUT2D eigenvalue weighted by Gasteiger charge is 2.20. The summed E-state index contributed by atoms with van der Waals surface area (Å²) in [6.45, 7) is 10.7. The summed E-state index contributed by atoms with van der Waals surface area (Å²) in [6, 6.07) is 14.6. The van der Waals surface area contributed by atoms with E-state index in [1.807, 2.05) is 36.0 Å². The Labute approximate surface area is 173 Å². The van der Waals surface area contributed by atoms with E-state index in [4.69, 9.17) is 4.99 Å². The van der Waals surface area contributed by atoms with Gasteiger partial charge < -0.3 is 10.6 Å². The number of guanidine groups is 1. The van der Waals surface area contributed by atoms with Crippen LogP contribution in [0.3, 0.4) is 0 Å². The minimum Gasteiger partial charge on any atom is -0.357 e. The maximum absolute atomic E-state index is 4.73. The number of rotatable bonds is 7. The van der Waals surface area contributed by atoms with E-state index in [2.05, 4.69) is 71.7 Å². The predicted octanol–water partition coefficient (Wildman–Crippen LogP) is 3.61. The number of benzene rings is 1. The average Bonchev–Trinajstić information content (AvgIpc) is 3.17. The fraction of sp³-hybridized carbons (Fsp3) is 0.348. The second-order valence-corrected chi connectivity index (χ2v) is 7.67. The number of aromatic nitrogens is 3. The van der Waals surface area contributed by atoms with Crippen molar-refractivity contribution >= 4 is 5.96 Å². The molecular formula is C23H30N6. The van der Waals surface area contributed by atoms with Gasteiger partial charge in [-0.25, -0.2) is 15.0 Å². The standard InChI is InChI=1S/C23H30N6/c1-5-24-22(28-17-23(3,4)20-9-7-6-8-10-20)27-16-19-11-12-21(26-15-19)29-14-13-25-18(29)2/h6-15H,5,16-17H2,1-4H3,(H2,24,27,28). The molecule has 0 spiro atoms. The number of aryl methyl sites for hydroxylation is 1. The fourth-order valence-electron chi connectivity index (χ4n) is 3.08. The molecule has 0 aliphatic carbocycles. The lowest BCUT2D eigenvalue weighted by molar-refractivity contribution is 0.508. The summed E-state index contributed by atoms with van der Waals surface area (Å²) >= 11 is 0. The zero-order valence-corrected chi connectivity index (χ0v) is 17.7. The van der Waals surface area contributed by atoms with Gasteiger partial charge in [0.15, 0.2) is 5.96 Å². The molecule has 0 aliphatic rings. The molecule has 0 saturated heterocycles. The Balaban J connectivity index is 1.64. The third-order valence-corrected chi connectivity index (χ3v) is 4.90. The average molecular weight is 391 g/mol. The van der Waals surface area contributed by atoms with Crippen LogP contribution in [-0.4, -0.2) is 33.6 Å². The highest BCUT2D eigenvalue weighted by molar-refractivity contribution is 5.79. The molecule has 6 nitrogen and oxygen atoms in total. The second kappa shape index (κ2) is 9.37. The van der Waals surface area contributed by atoms with E-state index in [0.717, 1.165) is 36.3 Å². The maximum atomic E-state index is 4.73. The molecule has 3 rings (SSSR count). The van der Waals surface area contributed by atoms with Crippen molar-refractivity contribution in [2.75, 3.05) is 13.1 Å². The SMILES string of the molecule is CCNC(=NCc1ccc(-n2ccnc2C)nc1)NCC(C)(C)c1ccccc1. The van der Waals surface area contributed by atoms with E-state index in [0.29, 0.717) is 6.54 Å². The minimum atomic E-state index is 0.00329. The first kappa shape index (κ1) is 20.6. The van der Waals surface area contributed by atoms with Crippen molar-refractivity contribution in [3.8, 4) is 5.82 Å². The van der Waals surface area contributed by atoms with E-state index in [9.17, 15) is 0 Å². The van der Waals surface area contributed by atoms with Gasteiger partial charge in [0.2, 0.25) is 0 Å². The Morgan fingerprint density at radius 3 is 2.48 bits per heavy atom. The van der Waals surface area contributed by atoms with Gasteiger partial charge in [-0.15, -0.1) is 0 Å². The zero-order chi connectivity index (χ0) is 20.7. The number of nitrogens with zero attached hydrogens (tertiary/aromatic N) is 4. The molecule has 0 saturated carbocycles. The molecule has 6 heteroatoms. The van der Waals surface area contributed by atoms with Gasteiger partial charge in [-0.3, -0.25) is 4.57 Å². The fourth-order valence-corrected chi connectivity index (χ4v) is 3.08. The Bertz CT molecular complexity index is 926. The largest absolute Gasteiger partial charge is 0.357 e. The van der Waals surface area contributed by atoms with Crippen molar-refractivity contribution in [1.29, 1.82) is 0 Å².